The maximum absolute atomic E-state index is 5.91. The normalized spacial score (nSPS) is 25.7. The molecule has 6 heteroatoms. The summed E-state index contributed by atoms with van der Waals surface area (Å²) in [6, 6.07) is 3.84. The molecular formula is C20H30BrNO4. The zero-order valence-corrected chi connectivity index (χ0v) is 17.0. The number of hydrogen-bond acceptors (Lipinski definition) is 5. The lowest BCUT2D eigenvalue weighted by molar-refractivity contribution is -0.162. The highest BCUT2D eigenvalue weighted by atomic mass is 79.9. The Balaban J connectivity index is 1.11. The summed E-state index contributed by atoms with van der Waals surface area (Å²) in [5.41, 5.74) is 0. The lowest BCUT2D eigenvalue weighted by Crippen LogP contribution is -2.39. The Kier molecular flexibility index (Phi) is 8.66. The largest absolute Gasteiger partial charge is 0.474 e. The number of pyridine rings is 1. The van der Waals surface area contributed by atoms with Gasteiger partial charge in [0.15, 0.2) is 6.29 Å². The average molecular weight is 428 g/mol. The molecule has 0 N–H and O–H groups in total. The summed E-state index contributed by atoms with van der Waals surface area (Å²) in [4.78, 5) is 4.24. The third-order valence-electron chi connectivity index (χ3n) is 4.87. The first kappa shape index (κ1) is 20.1. The van der Waals surface area contributed by atoms with Crippen LogP contribution >= 0.6 is 15.9 Å². The first-order valence-corrected chi connectivity index (χ1v) is 10.7. The Morgan fingerprint density at radius 3 is 2.50 bits per heavy atom. The van der Waals surface area contributed by atoms with Crippen LogP contribution in [0.3, 0.4) is 0 Å². The molecule has 1 unspecified atom stereocenters. The number of aromatic nitrogens is 1. The van der Waals surface area contributed by atoms with Gasteiger partial charge in [0.2, 0.25) is 5.88 Å². The Hall–Kier alpha value is -0.690. The minimum Gasteiger partial charge on any atom is -0.474 e. The predicted octanol–water partition coefficient (Wildman–Crippen LogP) is 4.87. The summed E-state index contributed by atoms with van der Waals surface area (Å²) in [6.07, 6.45) is 12.4. The van der Waals surface area contributed by atoms with Crippen molar-refractivity contribution in [3.63, 3.8) is 0 Å². The Morgan fingerprint density at radius 2 is 1.81 bits per heavy atom. The molecule has 1 atom stereocenters. The molecule has 1 saturated carbocycles. The Bertz CT molecular complexity index is 501. The molecule has 1 aromatic heterocycles. The molecule has 0 spiro atoms. The first-order chi connectivity index (χ1) is 12.8. The van der Waals surface area contributed by atoms with Gasteiger partial charge in [0.25, 0.3) is 0 Å². The van der Waals surface area contributed by atoms with Gasteiger partial charge in [-0.3, -0.25) is 0 Å². The highest BCUT2D eigenvalue weighted by molar-refractivity contribution is 9.10. The summed E-state index contributed by atoms with van der Waals surface area (Å²) in [5.74, 6) is 0.692. The highest BCUT2D eigenvalue weighted by Crippen LogP contribution is 2.28. The molecular weight excluding hydrogens is 398 g/mol. The number of halogens is 1. The molecule has 1 aliphatic carbocycles. The van der Waals surface area contributed by atoms with E-state index < -0.39 is 0 Å². The summed E-state index contributed by atoms with van der Waals surface area (Å²) in [7, 11) is 0. The van der Waals surface area contributed by atoms with E-state index in [1.54, 1.807) is 6.20 Å². The van der Waals surface area contributed by atoms with Gasteiger partial charge in [-0.1, -0.05) is 12.8 Å². The maximum Gasteiger partial charge on any atom is 0.213 e. The molecule has 0 aromatic carbocycles. The molecule has 0 amide bonds. The van der Waals surface area contributed by atoms with Gasteiger partial charge in [-0.2, -0.15) is 0 Å². The van der Waals surface area contributed by atoms with Gasteiger partial charge in [0, 0.05) is 49.4 Å². The van der Waals surface area contributed by atoms with E-state index in [1.807, 2.05) is 12.1 Å². The standard InChI is InChI=1S/C20H30BrNO4/c21-16-8-9-19(22-15-16)26-18-13-17(14-18)23-10-4-1-2-5-11-24-20-7-3-6-12-25-20/h8-9,15,17-18,20H,1-7,10-14H2. The fourth-order valence-corrected chi connectivity index (χ4v) is 3.45. The zero-order chi connectivity index (χ0) is 18.0. The number of nitrogens with zero attached hydrogens (tertiary/aromatic N) is 1. The van der Waals surface area contributed by atoms with Gasteiger partial charge in [0.05, 0.1) is 6.10 Å². The Morgan fingerprint density at radius 1 is 1.00 bits per heavy atom. The van der Waals surface area contributed by atoms with Crippen molar-refractivity contribution in [2.24, 2.45) is 0 Å². The van der Waals surface area contributed by atoms with Crippen molar-refractivity contribution >= 4 is 15.9 Å². The number of hydrogen-bond donors (Lipinski definition) is 0. The van der Waals surface area contributed by atoms with E-state index in [9.17, 15) is 0 Å². The van der Waals surface area contributed by atoms with Crippen LogP contribution in [0.2, 0.25) is 0 Å². The topological polar surface area (TPSA) is 49.8 Å². The van der Waals surface area contributed by atoms with E-state index in [4.69, 9.17) is 18.9 Å². The Labute approximate surface area is 164 Å². The smallest absolute Gasteiger partial charge is 0.213 e. The van der Waals surface area contributed by atoms with Crippen LogP contribution < -0.4 is 4.74 Å². The first-order valence-electron chi connectivity index (χ1n) is 9.92. The van der Waals surface area contributed by atoms with Crippen LogP contribution in [0.25, 0.3) is 0 Å². The molecule has 146 valence electrons. The zero-order valence-electron chi connectivity index (χ0n) is 15.4. The quantitative estimate of drug-likeness (QED) is 0.471. The molecule has 0 radical (unpaired) electrons. The monoisotopic (exact) mass is 427 g/mol. The van der Waals surface area contributed by atoms with Gasteiger partial charge >= 0.3 is 0 Å². The number of ether oxygens (including phenoxy) is 4. The van der Waals surface area contributed by atoms with Crippen molar-refractivity contribution in [1.82, 2.24) is 4.98 Å². The molecule has 0 bridgehead atoms. The SMILES string of the molecule is Brc1ccc(OC2CC(OCCCCCCOC3CCCCO3)C2)nc1. The number of rotatable bonds is 11. The second-order valence-electron chi connectivity index (χ2n) is 7.10. The van der Waals surface area contributed by atoms with Crippen molar-refractivity contribution < 1.29 is 18.9 Å². The van der Waals surface area contributed by atoms with E-state index in [-0.39, 0.29) is 12.4 Å². The molecule has 2 aliphatic rings. The molecule has 2 fully saturated rings. The molecule has 2 heterocycles. The minimum absolute atomic E-state index is 0.0495. The van der Waals surface area contributed by atoms with Crippen LogP contribution in [0.1, 0.15) is 57.8 Å². The summed E-state index contributed by atoms with van der Waals surface area (Å²) in [5, 5.41) is 0. The van der Waals surface area contributed by atoms with E-state index in [0.29, 0.717) is 12.0 Å². The van der Waals surface area contributed by atoms with E-state index in [1.165, 1.54) is 25.7 Å². The van der Waals surface area contributed by atoms with Gasteiger partial charge in [-0.15, -0.1) is 0 Å². The van der Waals surface area contributed by atoms with Crippen LogP contribution in [0.5, 0.6) is 5.88 Å². The van der Waals surface area contributed by atoms with Crippen molar-refractivity contribution in [1.29, 1.82) is 0 Å². The predicted molar refractivity (Wildman–Crippen MR) is 103 cm³/mol. The van der Waals surface area contributed by atoms with Gasteiger partial charge < -0.3 is 18.9 Å². The number of unbranched alkanes of at least 4 members (excludes halogenated alkanes) is 3. The van der Waals surface area contributed by atoms with Crippen molar-refractivity contribution in [2.75, 3.05) is 19.8 Å². The van der Waals surface area contributed by atoms with Crippen molar-refractivity contribution in [3.05, 3.63) is 22.8 Å². The van der Waals surface area contributed by atoms with Crippen LogP contribution in [-0.2, 0) is 14.2 Å². The molecule has 1 aliphatic heterocycles. The summed E-state index contributed by atoms with van der Waals surface area (Å²) < 4.78 is 24.0. The van der Waals surface area contributed by atoms with Gasteiger partial charge in [0.1, 0.15) is 6.10 Å². The van der Waals surface area contributed by atoms with Crippen LogP contribution in [0.15, 0.2) is 22.8 Å². The lowest BCUT2D eigenvalue weighted by Gasteiger charge is -2.34. The second kappa shape index (κ2) is 11.2. The fourth-order valence-electron chi connectivity index (χ4n) is 3.22. The second-order valence-corrected chi connectivity index (χ2v) is 8.02. The molecule has 1 aromatic rings. The molecule has 3 rings (SSSR count). The minimum atomic E-state index is 0.0495. The maximum atomic E-state index is 5.91. The molecule has 5 nitrogen and oxygen atoms in total. The average Bonchev–Trinajstić information content (AvgIpc) is 2.64. The third kappa shape index (κ3) is 7.14. The van der Waals surface area contributed by atoms with Crippen LogP contribution in [0, 0.1) is 0 Å². The van der Waals surface area contributed by atoms with E-state index in [2.05, 4.69) is 20.9 Å². The van der Waals surface area contributed by atoms with Crippen LogP contribution in [-0.4, -0.2) is 43.3 Å². The fraction of sp³-hybridized carbons (Fsp3) is 0.750. The molecule has 26 heavy (non-hydrogen) atoms. The lowest BCUT2D eigenvalue weighted by atomic mass is 9.92. The van der Waals surface area contributed by atoms with Gasteiger partial charge in [-0.25, -0.2) is 4.98 Å². The van der Waals surface area contributed by atoms with Gasteiger partial charge in [-0.05, 0) is 54.1 Å². The van der Waals surface area contributed by atoms with E-state index in [0.717, 1.165) is 56.4 Å². The highest BCUT2D eigenvalue weighted by Gasteiger charge is 2.31. The molecule has 1 saturated heterocycles. The van der Waals surface area contributed by atoms with Crippen LogP contribution in [0.4, 0.5) is 0 Å². The third-order valence-corrected chi connectivity index (χ3v) is 5.34. The summed E-state index contributed by atoms with van der Waals surface area (Å²) >= 11 is 3.37. The van der Waals surface area contributed by atoms with Crippen molar-refractivity contribution in [2.45, 2.75) is 76.3 Å². The van der Waals surface area contributed by atoms with Crippen molar-refractivity contribution in [3.8, 4) is 5.88 Å². The van der Waals surface area contributed by atoms with E-state index >= 15 is 0 Å². The summed E-state index contributed by atoms with van der Waals surface area (Å²) in [6.45, 7) is 2.52.